The fourth-order valence-corrected chi connectivity index (χ4v) is 3.39. The van der Waals surface area contributed by atoms with Crippen LogP contribution in [0.3, 0.4) is 0 Å². The van der Waals surface area contributed by atoms with Gasteiger partial charge in [-0.1, -0.05) is 42.4 Å². The molecule has 0 radical (unpaired) electrons. The molecular weight excluding hydrogens is 332 g/mol. The molecule has 1 saturated heterocycles. The number of aromatic nitrogens is 2. The van der Waals surface area contributed by atoms with E-state index in [1.54, 1.807) is 4.90 Å². The average Bonchev–Trinajstić information content (AvgIpc) is 3.16. The summed E-state index contributed by atoms with van der Waals surface area (Å²) in [5, 5.41) is 3.96. The molecule has 1 fully saturated rings. The van der Waals surface area contributed by atoms with Crippen LogP contribution in [0.15, 0.2) is 34.9 Å². The van der Waals surface area contributed by atoms with E-state index in [4.69, 9.17) is 10.3 Å². The highest BCUT2D eigenvalue weighted by Gasteiger charge is 2.39. The van der Waals surface area contributed by atoms with Crippen molar-refractivity contribution in [2.24, 2.45) is 11.1 Å². The maximum absolute atomic E-state index is 12.4. The SMILES string of the molecule is CCC1(C(N)=O)CCN(C(=O)CCc2nc(-c3ccccc3)no2)CC1. The van der Waals surface area contributed by atoms with Gasteiger partial charge in [0.15, 0.2) is 0 Å². The predicted molar refractivity (Wildman–Crippen MR) is 95.8 cm³/mol. The Morgan fingerprint density at radius 3 is 2.54 bits per heavy atom. The van der Waals surface area contributed by atoms with Crippen LogP contribution in [0.2, 0.25) is 0 Å². The van der Waals surface area contributed by atoms with Gasteiger partial charge in [-0.3, -0.25) is 9.59 Å². The lowest BCUT2D eigenvalue weighted by molar-refractivity contribution is -0.139. The molecular formula is C19H24N4O3. The largest absolute Gasteiger partial charge is 0.369 e. The Kier molecular flexibility index (Phi) is 5.35. The number of nitrogens with zero attached hydrogens (tertiary/aromatic N) is 3. The summed E-state index contributed by atoms with van der Waals surface area (Å²) < 4.78 is 5.25. The quantitative estimate of drug-likeness (QED) is 0.854. The van der Waals surface area contributed by atoms with Crippen molar-refractivity contribution < 1.29 is 14.1 Å². The first-order valence-electron chi connectivity index (χ1n) is 9.00. The molecule has 138 valence electrons. The molecule has 1 aromatic heterocycles. The first kappa shape index (κ1) is 18.1. The fourth-order valence-electron chi connectivity index (χ4n) is 3.39. The molecule has 1 aromatic carbocycles. The van der Waals surface area contributed by atoms with Crippen molar-refractivity contribution >= 4 is 11.8 Å². The summed E-state index contributed by atoms with van der Waals surface area (Å²) in [6, 6.07) is 9.56. The van der Waals surface area contributed by atoms with Crippen molar-refractivity contribution in [1.29, 1.82) is 0 Å². The lowest BCUT2D eigenvalue weighted by Gasteiger charge is -2.39. The van der Waals surface area contributed by atoms with Gasteiger partial charge in [0, 0.05) is 31.5 Å². The van der Waals surface area contributed by atoms with Crippen LogP contribution in [-0.4, -0.2) is 39.9 Å². The first-order chi connectivity index (χ1) is 12.5. The van der Waals surface area contributed by atoms with E-state index in [0.29, 0.717) is 56.9 Å². The Balaban J connectivity index is 1.52. The number of hydrogen-bond donors (Lipinski definition) is 1. The Morgan fingerprint density at radius 2 is 1.92 bits per heavy atom. The number of hydrogen-bond acceptors (Lipinski definition) is 5. The molecule has 0 saturated carbocycles. The highest BCUT2D eigenvalue weighted by Crippen LogP contribution is 2.34. The van der Waals surface area contributed by atoms with Gasteiger partial charge in [-0.05, 0) is 19.3 Å². The average molecular weight is 356 g/mol. The van der Waals surface area contributed by atoms with E-state index < -0.39 is 5.41 Å². The normalized spacial score (nSPS) is 16.4. The number of likely N-dealkylation sites (tertiary alicyclic amines) is 1. The third-order valence-corrected chi connectivity index (χ3v) is 5.33. The van der Waals surface area contributed by atoms with Crippen LogP contribution >= 0.6 is 0 Å². The van der Waals surface area contributed by atoms with E-state index in [0.717, 1.165) is 5.56 Å². The Hall–Kier alpha value is -2.70. The lowest BCUT2D eigenvalue weighted by Crippen LogP contribution is -2.48. The number of primary amides is 1. The van der Waals surface area contributed by atoms with Crippen molar-refractivity contribution in [3.63, 3.8) is 0 Å². The Morgan fingerprint density at radius 1 is 1.23 bits per heavy atom. The maximum atomic E-state index is 12.4. The van der Waals surface area contributed by atoms with Gasteiger partial charge in [-0.2, -0.15) is 4.98 Å². The summed E-state index contributed by atoms with van der Waals surface area (Å²) in [5.74, 6) is 0.763. The summed E-state index contributed by atoms with van der Waals surface area (Å²) in [5.41, 5.74) is 5.97. The van der Waals surface area contributed by atoms with Crippen LogP contribution in [0, 0.1) is 5.41 Å². The van der Waals surface area contributed by atoms with Gasteiger partial charge < -0.3 is 15.2 Å². The molecule has 0 bridgehead atoms. The van der Waals surface area contributed by atoms with Crippen molar-refractivity contribution in [2.75, 3.05) is 13.1 Å². The van der Waals surface area contributed by atoms with E-state index in [2.05, 4.69) is 10.1 Å². The smallest absolute Gasteiger partial charge is 0.227 e. The second-order valence-corrected chi connectivity index (χ2v) is 6.76. The monoisotopic (exact) mass is 356 g/mol. The van der Waals surface area contributed by atoms with Gasteiger partial charge in [0.2, 0.25) is 23.5 Å². The molecule has 1 aliphatic heterocycles. The standard InChI is InChI=1S/C19H24N4O3/c1-2-19(18(20)25)10-12-23(13-11-19)16(24)9-8-15-21-17(22-26-15)14-6-4-3-5-7-14/h3-7H,2,8-13H2,1H3,(H2,20,25). The van der Waals surface area contributed by atoms with Crippen LogP contribution < -0.4 is 5.73 Å². The molecule has 7 nitrogen and oxygen atoms in total. The van der Waals surface area contributed by atoms with Gasteiger partial charge in [0.05, 0.1) is 5.41 Å². The first-order valence-corrected chi connectivity index (χ1v) is 9.00. The number of carbonyl (C=O) groups excluding carboxylic acids is 2. The Bertz CT molecular complexity index is 764. The van der Waals surface area contributed by atoms with Crippen molar-refractivity contribution in [3.8, 4) is 11.4 Å². The summed E-state index contributed by atoms with van der Waals surface area (Å²) in [6.07, 6.45) is 2.69. The zero-order chi connectivity index (χ0) is 18.6. The second kappa shape index (κ2) is 7.68. The fraction of sp³-hybridized carbons (Fsp3) is 0.474. The van der Waals surface area contributed by atoms with E-state index in [1.165, 1.54) is 0 Å². The zero-order valence-electron chi connectivity index (χ0n) is 15.0. The van der Waals surface area contributed by atoms with Gasteiger partial charge in [-0.25, -0.2) is 0 Å². The lowest BCUT2D eigenvalue weighted by atomic mass is 9.75. The van der Waals surface area contributed by atoms with Crippen LogP contribution in [0.25, 0.3) is 11.4 Å². The minimum atomic E-state index is -0.464. The van der Waals surface area contributed by atoms with Crippen molar-refractivity contribution in [1.82, 2.24) is 15.0 Å². The number of nitrogens with two attached hydrogens (primary N) is 1. The molecule has 0 aliphatic carbocycles. The molecule has 0 atom stereocenters. The van der Waals surface area contributed by atoms with E-state index in [9.17, 15) is 9.59 Å². The molecule has 1 aliphatic rings. The van der Waals surface area contributed by atoms with Gasteiger partial charge >= 0.3 is 0 Å². The third kappa shape index (κ3) is 3.76. The number of rotatable bonds is 6. The third-order valence-electron chi connectivity index (χ3n) is 5.33. The van der Waals surface area contributed by atoms with Crippen LogP contribution in [0.5, 0.6) is 0 Å². The van der Waals surface area contributed by atoms with Crippen molar-refractivity contribution in [3.05, 3.63) is 36.2 Å². The second-order valence-electron chi connectivity index (χ2n) is 6.76. The number of aryl methyl sites for hydroxylation is 1. The molecule has 26 heavy (non-hydrogen) atoms. The molecule has 3 rings (SSSR count). The van der Waals surface area contributed by atoms with E-state index in [1.807, 2.05) is 37.3 Å². The van der Waals surface area contributed by atoms with Gasteiger partial charge in [-0.15, -0.1) is 0 Å². The van der Waals surface area contributed by atoms with Crippen molar-refractivity contribution in [2.45, 2.75) is 39.0 Å². The predicted octanol–water partition coefficient (Wildman–Crippen LogP) is 2.17. The molecule has 2 aromatic rings. The van der Waals surface area contributed by atoms with E-state index in [-0.39, 0.29) is 11.8 Å². The van der Waals surface area contributed by atoms with Crippen LogP contribution in [0.4, 0.5) is 0 Å². The molecule has 2 N–H and O–H groups in total. The van der Waals surface area contributed by atoms with Crippen LogP contribution in [0.1, 0.15) is 38.5 Å². The number of amides is 2. The maximum Gasteiger partial charge on any atom is 0.227 e. The molecule has 0 spiro atoms. The summed E-state index contributed by atoms with van der Waals surface area (Å²) in [4.78, 5) is 30.3. The topological polar surface area (TPSA) is 102 Å². The minimum Gasteiger partial charge on any atom is -0.369 e. The molecule has 2 amide bonds. The number of benzene rings is 1. The summed E-state index contributed by atoms with van der Waals surface area (Å²) in [7, 11) is 0. The highest BCUT2D eigenvalue weighted by atomic mass is 16.5. The number of piperidine rings is 1. The summed E-state index contributed by atoms with van der Waals surface area (Å²) >= 11 is 0. The zero-order valence-corrected chi connectivity index (χ0v) is 15.0. The minimum absolute atomic E-state index is 0.0404. The number of carbonyl (C=O) groups is 2. The van der Waals surface area contributed by atoms with E-state index >= 15 is 0 Å². The molecule has 7 heteroatoms. The molecule has 0 unspecified atom stereocenters. The van der Waals surface area contributed by atoms with Gasteiger partial charge in [0.1, 0.15) is 0 Å². The molecule has 2 heterocycles. The van der Waals surface area contributed by atoms with Gasteiger partial charge in [0.25, 0.3) is 0 Å². The van der Waals surface area contributed by atoms with Crippen LogP contribution in [-0.2, 0) is 16.0 Å². The highest BCUT2D eigenvalue weighted by molar-refractivity contribution is 5.82. The Labute approximate surface area is 152 Å². The summed E-state index contributed by atoms with van der Waals surface area (Å²) in [6.45, 7) is 3.10.